The second kappa shape index (κ2) is 8.35. The maximum Gasteiger partial charge on any atom is 0.251 e. The van der Waals surface area contributed by atoms with Crippen LogP contribution in [0.1, 0.15) is 22.3 Å². The Kier molecular flexibility index (Phi) is 5.70. The van der Waals surface area contributed by atoms with Crippen molar-refractivity contribution >= 4 is 28.3 Å². The van der Waals surface area contributed by atoms with Gasteiger partial charge in [-0.3, -0.25) is 9.59 Å². The van der Waals surface area contributed by atoms with E-state index in [-0.39, 0.29) is 24.8 Å². The molecule has 0 atom stereocenters. The summed E-state index contributed by atoms with van der Waals surface area (Å²) in [5, 5.41) is 14.7. The van der Waals surface area contributed by atoms with Crippen molar-refractivity contribution in [3.05, 3.63) is 65.7 Å². The normalized spacial score (nSPS) is 10.3. The van der Waals surface area contributed by atoms with Gasteiger partial charge < -0.3 is 10.6 Å². The molecule has 1 heterocycles. The van der Waals surface area contributed by atoms with E-state index >= 15 is 0 Å². The third kappa shape index (κ3) is 4.52. The highest BCUT2D eigenvalue weighted by atomic mass is 32.1. The van der Waals surface area contributed by atoms with E-state index in [0.29, 0.717) is 10.7 Å². The third-order valence-corrected chi connectivity index (χ3v) is 4.61. The summed E-state index contributed by atoms with van der Waals surface area (Å²) in [6, 6.07) is 17.0. The Labute approximate surface area is 155 Å². The van der Waals surface area contributed by atoms with E-state index in [9.17, 15) is 9.59 Å². The fourth-order valence-electron chi connectivity index (χ4n) is 2.37. The van der Waals surface area contributed by atoms with Crippen molar-refractivity contribution in [3.8, 4) is 10.6 Å². The molecule has 3 rings (SSSR count). The summed E-state index contributed by atoms with van der Waals surface area (Å²) in [5.41, 5.74) is 2.47. The number of aromatic nitrogens is 2. The highest BCUT2D eigenvalue weighted by Crippen LogP contribution is 2.25. The van der Waals surface area contributed by atoms with Crippen LogP contribution in [0.3, 0.4) is 0 Å². The van der Waals surface area contributed by atoms with Crippen LogP contribution in [-0.4, -0.2) is 28.6 Å². The molecule has 0 saturated carbocycles. The molecule has 2 amide bonds. The fraction of sp³-hybridized carbons (Fsp3) is 0.158. The zero-order valence-corrected chi connectivity index (χ0v) is 15.0. The summed E-state index contributed by atoms with van der Waals surface area (Å²) in [7, 11) is 0. The number of carbonyl (C=O) groups excluding carboxylic acids is 2. The molecule has 2 N–H and O–H groups in total. The lowest BCUT2D eigenvalue weighted by Crippen LogP contribution is -2.28. The van der Waals surface area contributed by atoms with Gasteiger partial charge in [0.15, 0.2) is 0 Å². The summed E-state index contributed by atoms with van der Waals surface area (Å²) in [6.07, 6.45) is 0.165. The van der Waals surface area contributed by atoms with Gasteiger partial charge in [0.25, 0.3) is 5.91 Å². The van der Waals surface area contributed by atoms with Gasteiger partial charge in [0.2, 0.25) is 11.0 Å². The molecule has 7 heteroatoms. The highest BCUT2D eigenvalue weighted by Gasteiger charge is 2.11. The number of benzene rings is 2. The Hall–Kier alpha value is -3.06. The maximum atomic E-state index is 12.1. The van der Waals surface area contributed by atoms with Gasteiger partial charge in [0, 0.05) is 24.1 Å². The Morgan fingerprint density at radius 3 is 2.50 bits per heavy atom. The van der Waals surface area contributed by atoms with E-state index in [2.05, 4.69) is 20.8 Å². The molecule has 0 aliphatic rings. The topological polar surface area (TPSA) is 84.0 Å². The summed E-state index contributed by atoms with van der Waals surface area (Å²) in [5.74, 6) is -0.399. The first-order valence-corrected chi connectivity index (χ1v) is 8.98. The van der Waals surface area contributed by atoms with Gasteiger partial charge in [-0.2, -0.15) is 0 Å². The molecular weight excluding hydrogens is 348 g/mol. The standard InChI is InChI=1S/C19H18N4O2S/c1-13-7-5-6-10-15(13)17(25)20-12-11-16(24)21-19-23-22-18(26-19)14-8-3-2-4-9-14/h2-10H,11-12H2,1H3,(H,20,25)(H,21,23,24). The minimum Gasteiger partial charge on any atom is -0.352 e. The lowest BCUT2D eigenvalue weighted by atomic mass is 10.1. The van der Waals surface area contributed by atoms with Crippen molar-refractivity contribution in [3.63, 3.8) is 0 Å². The van der Waals surface area contributed by atoms with Crippen molar-refractivity contribution < 1.29 is 9.59 Å². The van der Waals surface area contributed by atoms with Gasteiger partial charge in [-0.1, -0.05) is 59.9 Å². The van der Waals surface area contributed by atoms with Crippen molar-refractivity contribution in [1.82, 2.24) is 15.5 Å². The Morgan fingerprint density at radius 2 is 1.73 bits per heavy atom. The van der Waals surface area contributed by atoms with Crippen LogP contribution in [0.15, 0.2) is 54.6 Å². The van der Waals surface area contributed by atoms with Crippen molar-refractivity contribution in [2.45, 2.75) is 13.3 Å². The van der Waals surface area contributed by atoms with E-state index in [1.54, 1.807) is 6.07 Å². The Bertz CT molecular complexity index is 909. The van der Waals surface area contributed by atoms with E-state index in [1.807, 2.05) is 55.5 Å². The molecule has 6 nitrogen and oxygen atoms in total. The molecule has 0 unspecified atom stereocenters. The predicted octanol–water partition coefficient (Wildman–Crippen LogP) is 3.27. The second-order valence-corrected chi connectivity index (χ2v) is 6.62. The predicted molar refractivity (Wildman–Crippen MR) is 102 cm³/mol. The van der Waals surface area contributed by atoms with Gasteiger partial charge in [-0.15, -0.1) is 10.2 Å². The molecule has 0 saturated heterocycles. The number of hydrogen-bond donors (Lipinski definition) is 2. The average molecular weight is 366 g/mol. The SMILES string of the molecule is Cc1ccccc1C(=O)NCCC(=O)Nc1nnc(-c2ccccc2)s1. The number of nitrogens with zero attached hydrogens (tertiary/aromatic N) is 2. The molecule has 0 spiro atoms. The van der Waals surface area contributed by atoms with Gasteiger partial charge in [0.1, 0.15) is 5.01 Å². The second-order valence-electron chi connectivity index (χ2n) is 5.65. The zero-order valence-electron chi connectivity index (χ0n) is 14.2. The number of amides is 2. The number of carbonyl (C=O) groups is 2. The molecule has 3 aromatic rings. The van der Waals surface area contributed by atoms with Crippen LogP contribution in [0, 0.1) is 6.92 Å². The first-order chi connectivity index (χ1) is 12.6. The minimum absolute atomic E-state index is 0.165. The van der Waals surface area contributed by atoms with Crippen LogP contribution in [-0.2, 0) is 4.79 Å². The number of aryl methyl sites for hydroxylation is 1. The first-order valence-electron chi connectivity index (χ1n) is 8.16. The van der Waals surface area contributed by atoms with Gasteiger partial charge in [0.05, 0.1) is 0 Å². The molecule has 0 fully saturated rings. The van der Waals surface area contributed by atoms with E-state index in [1.165, 1.54) is 11.3 Å². The van der Waals surface area contributed by atoms with E-state index in [0.717, 1.165) is 16.1 Å². The van der Waals surface area contributed by atoms with Gasteiger partial charge >= 0.3 is 0 Å². The molecule has 0 bridgehead atoms. The summed E-state index contributed by atoms with van der Waals surface area (Å²) < 4.78 is 0. The van der Waals surface area contributed by atoms with E-state index in [4.69, 9.17) is 0 Å². The van der Waals surface area contributed by atoms with Crippen LogP contribution in [0.2, 0.25) is 0 Å². The maximum absolute atomic E-state index is 12.1. The molecule has 0 aliphatic carbocycles. The van der Waals surface area contributed by atoms with Crippen LogP contribution in [0.4, 0.5) is 5.13 Å². The van der Waals surface area contributed by atoms with Crippen LogP contribution in [0.25, 0.3) is 10.6 Å². The summed E-state index contributed by atoms with van der Waals surface area (Å²) in [6.45, 7) is 2.13. The number of anilines is 1. The Morgan fingerprint density at radius 1 is 1.00 bits per heavy atom. The molecule has 0 radical (unpaired) electrons. The van der Waals surface area contributed by atoms with Crippen LogP contribution < -0.4 is 10.6 Å². The van der Waals surface area contributed by atoms with Crippen LogP contribution in [0.5, 0.6) is 0 Å². The number of hydrogen-bond acceptors (Lipinski definition) is 5. The summed E-state index contributed by atoms with van der Waals surface area (Å²) in [4.78, 5) is 24.1. The van der Waals surface area contributed by atoms with Gasteiger partial charge in [-0.05, 0) is 18.6 Å². The van der Waals surface area contributed by atoms with Crippen molar-refractivity contribution in [2.24, 2.45) is 0 Å². The molecular formula is C19H18N4O2S. The van der Waals surface area contributed by atoms with E-state index < -0.39 is 0 Å². The Balaban J connectivity index is 1.48. The lowest BCUT2D eigenvalue weighted by molar-refractivity contribution is -0.116. The lowest BCUT2D eigenvalue weighted by Gasteiger charge is -2.07. The third-order valence-electron chi connectivity index (χ3n) is 3.72. The number of rotatable bonds is 6. The molecule has 132 valence electrons. The van der Waals surface area contributed by atoms with Gasteiger partial charge in [-0.25, -0.2) is 0 Å². The minimum atomic E-state index is -0.217. The average Bonchev–Trinajstić information content (AvgIpc) is 3.11. The number of nitrogens with one attached hydrogen (secondary N) is 2. The summed E-state index contributed by atoms with van der Waals surface area (Å²) >= 11 is 1.31. The molecule has 26 heavy (non-hydrogen) atoms. The van der Waals surface area contributed by atoms with Crippen molar-refractivity contribution in [1.29, 1.82) is 0 Å². The fourth-order valence-corrected chi connectivity index (χ4v) is 3.13. The molecule has 1 aromatic heterocycles. The van der Waals surface area contributed by atoms with Crippen molar-refractivity contribution in [2.75, 3.05) is 11.9 Å². The first kappa shape index (κ1) is 17.8. The monoisotopic (exact) mass is 366 g/mol. The zero-order chi connectivity index (χ0) is 18.4. The van der Waals surface area contributed by atoms with Crippen LogP contribution >= 0.6 is 11.3 Å². The molecule has 2 aromatic carbocycles. The smallest absolute Gasteiger partial charge is 0.251 e. The highest BCUT2D eigenvalue weighted by molar-refractivity contribution is 7.18. The largest absolute Gasteiger partial charge is 0.352 e. The quantitative estimate of drug-likeness (QED) is 0.701. The molecule has 0 aliphatic heterocycles.